The lowest BCUT2D eigenvalue weighted by molar-refractivity contribution is -0.122. The van der Waals surface area contributed by atoms with E-state index in [-0.39, 0.29) is 30.2 Å². The van der Waals surface area contributed by atoms with Crippen LogP contribution in [0, 0.1) is 5.82 Å². The van der Waals surface area contributed by atoms with Gasteiger partial charge in [0.15, 0.2) is 0 Å². The van der Waals surface area contributed by atoms with Crippen molar-refractivity contribution in [3.8, 4) is 0 Å². The number of β-amino-alcohol motifs (C(OH)–C–C–N with tert-alkyl or cyclic N) is 1. The number of carbonyl (C=O) groups is 1. The summed E-state index contributed by atoms with van der Waals surface area (Å²) >= 11 is 0. The predicted octanol–water partition coefficient (Wildman–Crippen LogP) is 0.867. The van der Waals surface area contributed by atoms with Crippen LogP contribution >= 0.6 is 0 Å². The lowest BCUT2D eigenvalue weighted by Gasteiger charge is -2.38. The minimum absolute atomic E-state index is 0.00514. The summed E-state index contributed by atoms with van der Waals surface area (Å²) in [6.07, 6.45) is 1.28. The summed E-state index contributed by atoms with van der Waals surface area (Å²) in [5.41, 5.74) is -1.22. The minimum Gasteiger partial charge on any atom is -0.388 e. The van der Waals surface area contributed by atoms with Gasteiger partial charge in [-0.2, -0.15) is 4.31 Å². The summed E-state index contributed by atoms with van der Waals surface area (Å²) < 4.78 is 39.4. The molecule has 1 aliphatic heterocycles. The number of halogens is 1. The summed E-state index contributed by atoms with van der Waals surface area (Å²) in [4.78, 5) is 11.3. The molecule has 1 amide bonds. The van der Waals surface area contributed by atoms with E-state index in [4.69, 9.17) is 0 Å². The molecule has 1 aliphatic rings. The zero-order valence-corrected chi connectivity index (χ0v) is 13.8. The Hall–Kier alpha value is -1.51. The van der Waals surface area contributed by atoms with Crippen LogP contribution in [-0.4, -0.2) is 49.5 Å². The van der Waals surface area contributed by atoms with Crippen molar-refractivity contribution in [3.05, 3.63) is 30.1 Å². The summed E-state index contributed by atoms with van der Waals surface area (Å²) in [6, 6.07) is 4.61. The Kier molecular flexibility index (Phi) is 5.38. The van der Waals surface area contributed by atoms with Crippen molar-refractivity contribution in [2.24, 2.45) is 0 Å². The lowest BCUT2D eigenvalue weighted by atomic mass is 9.89. The number of benzene rings is 1. The number of nitrogens with zero attached hydrogens (tertiary/aromatic N) is 1. The molecule has 1 fully saturated rings. The number of sulfonamides is 1. The number of hydrogen-bond acceptors (Lipinski definition) is 4. The van der Waals surface area contributed by atoms with Gasteiger partial charge >= 0.3 is 0 Å². The number of piperidine rings is 1. The quantitative estimate of drug-likeness (QED) is 0.830. The Morgan fingerprint density at radius 1 is 1.39 bits per heavy atom. The summed E-state index contributed by atoms with van der Waals surface area (Å²) in [5.74, 6) is -0.707. The highest BCUT2D eigenvalue weighted by Gasteiger charge is 2.38. The molecule has 1 saturated heterocycles. The fraction of sp³-hybridized carbons (Fsp3) is 0.533. The number of rotatable bonds is 5. The van der Waals surface area contributed by atoms with Crippen LogP contribution in [0.15, 0.2) is 29.2 Å². The molecule has 1 aromatic carbocycles. The lowest BCUT2D eigenvalue weighted by Crippen LogP contribution is -2.50. The Bertz CT molecular complexity index is 663. The van der Waals surface area contributed by atoms with Crippen LogP contribution in [0.3, 0.4) is 0 Å². The van der Waals surface area contributed by atoms with Crippen molar-refractivity contribution in [2.45, 2.75) is 36.2 Å². The van der Waals surface area contributed by atoms with E-state index in [1.807, 2.05) is 0 Å². The predicted molar refractivity (Wildman–Crippen MR) is 82.6 cm³/mol. The van der Waals surface area contributed by atoms with Gasteiger partial charge in [0.05, 0.1) is 10.5 Å². The third-order valence-corrected chi connectivity index (χ3v) is 5.93. The highest BCUT2D eigenvalue weighted by Crippen LogP contribution is 2.29. The number of carbonyl (C=O) groups excluding carboxylic acids is 1. The summed E-state index contributed by atoms with van der Waals surface area (Å²) in [6.45, 7) is 0.228. The van der Waals surface area contributed by atoms with Crippen LogP contribution in [0.2, 0.25) is 0 Å². The van der Waals surface area contributed by atoms with Crippen LogP contribution < -0.4 is 5.32 Å². The second-order valence-corrected chi connectivity index (χ2v) is 7.73. The molecule has 1 atom stereocenters. The zero-order valence-electron chi connectivity index (χ0n) is 13.0. The first-order valence-electron chi connectivity index (χ1n) is 7.45. The van der Waals surface area contributed by atoms with Crippen LogP contribution in [-0.2, 0) is 14.8 Å². The first-order chi connectivity index (χ1) is 10.8. The number of nitrogens with one attached hydrogen (secondary N) is 1. The molecule has 0 spiro atoms. The van der Waals surface area contributed by atoms with E-state index in [1.165, 1.54) is 23.5 Å². The minimum atomic E-state index is -3.79. The highest BCUT2D eigenvalue weighted by molar-refractivity contribution is 7.89. The molecule has 6 nitrogen and oxygen atoms in total. The average molecular weight is 344 g/mol. The van der Waals surface area contributed by atoms with Crippen molar-refractivity contribution in [1.82, 2.24) is 9.62 Å². The van der Waals surface area contributed by atoms with Crippen molar-refractivity contribution < 1.29 is 22.7 Å². The molecule has 128 valence electrons. The molecule has 1 aromatic rings. The maximum Gasteiger partial charge on any atom is 0.243 e. The third-order valence-electron chi connectivity index (χ3n) is 4.07. The van der Waals surface area contributed by atoms with Gasteiger partial charge in [0.2, 0.25) is 15.9 Å². The molecule has 0 bridgehead atoms. The number of hydrogen-bond donors (Lipinski definition) is 2. The molecule has 2 N–H and O–H groups in total. The molecular weight excluding hydrogens is 323 g/mol. The van der Waals surface area contributed by atoms with Crippen LogP contribution in [0.5, 0.6) is 0 Å². The third kappa shape index (κ3) is 4.27. The van der Waals surface area contributed by atoms with E-state index in [0.29, 0.717) is 19.4 Å². The fourth-order valence-electron chi connectivity index (χ4n) is 2.71. The van der Waals surface area contributed by atoms with E-state index in [2.05, 4.69) is 5.32 Å². The Labute approximate surface area is 135 Å². The van der Waals surface area contributed by atoms with Crippen molar-refractivity contribution in [2.75, 3.05) is 20.1 Å². The van der Waals surface area contributed by atoms with Gasteiger partial charge in [-0.25, -0.2) is 12.8 Å². The van der Waals surface area contributed by atoms with Gasteiger partial charge in [-0.15, -0.1) is 0 Å². The maximum absolute atomic E-state index is 13.0. The normalized spacial score (nSPS) is 22.7. The zero-order chi connectivity index (χ0) is 17.1. The maximum atomic E-state index is 13.0. The molecule has 0 radical (unpaired) electrons. The van der Waals surface area contributed by atoms with Crippen LogP contribution in [0.4, 0.5) is 4.39 Å². The smallest absolute Gasteiger partial charge is 0.243 e. The average Bonchev–Trinajstić information content (AvgIpc) is 2.53. The standard InChI is InChI=1S/C15H21FN2O4S/c1-17-14(19)7-9-15(20)8-2-10-18(11-15)23(21,22)13-5-3-12(16)4-6-13/h3-6,20H,2,7-11H2,1H3,(H,17,19)/t15-/m0/s1. The van der Waals surface area contributed by atoms with Gasteiger partial charge in [0.1, 0.15) is 5.82 Å². The second kappa shape index (κ2) is 6.94. The van der Waals surface area contributed by atoms with E-state index in [0.717, 1.165) is 12.1 Å². The molecule has 8 heteroatoms. The Balaban J connectivity index is 2.13. The Morgan fingerprint density at radius 2 is 2.04 bits per heavy atom. The molecular formula is C15H21FN2O4S. The monoisotopic (exact) mass is 344 g/mol. The van der Waals surface area contributed by atoms with E-state index in [1.54, 1.807) is 0 Å². The first kappa shape index (κ1) is 17.8. The highest BCUT2D eigenvalue weighted by atomic mass is 32.2. The van der Waals surface area contributed by atoms with Gasteiger partial charge < -0.3 is 10.4 Å². The van der Waals surface area contributed by atoms with E-state index in [9.17, 15) is 22.7 Å². The number of aliphatic hydroxyl groups is 1. The molecule has 2 rings (SSSR count). The molecule has 0 unspecified atom stereocenters. The van der Waals surface area contributed by atoms with Gasteiger partial charge in [0, 0.05) is 26.6 Å². The van der Waals surface area contributed by atoms with Crippen molar-refractivity contribution >= 4 is 15.9 Å². The molecule has 23 heavy (non-hydrogen) atoms. The van der Waals surface area contributed by atoms with Gasteiger partial charge in [0.25, 0.3) is 0 Å². The van der Waals surface area contributed by atoms with Crippen molar-refractivity contribution in [1.29, 1.82) is 0 Å². The molecule has 0 aromatic heterocycles. The molecule has 0 saturated carbocycles. The van der Waals surface area contributed by atoms with E-state index < -0.39 is 21.4 Å². The largest absolute Gasteiger partial charge is 0.388 e. The van der Waals surface area contributed by atoms with Gasteiger partial charge in [-0.3, -0.25) is 4.79 Å². The van der Waals surface area contributed by atoms with Gasteiger partial charge in [-0.05, 0) is 43.5 Å². The van der Waals surface area contributed by atoms with Crippen molar-refractivity contribution in [3.63, 3.8) is 0 Å². The summed E-state index contributed by atoms with van der Waals surface area (Å²) in [7, 11) is -2.28. The number of amides is 1. The SMILES string of the molecule is CNC(=O)CC[C@@]1(O)CCCN(S(=O)(=O)c2ccc(F)cc2)C1. The topological polar surface area (TPSA) is 86.7 Å². The molecule has 0 aliphatic carbocycles. The van der Waals surface area contributed by atoms with Crippen LogP contribution in [0.25, 0.3) is 0 Å². The van der Waals surface area contributed by atoms with Crippen LogP contribution in [0.1, 0.15) is 25.7 Å². The van der Waals surface area contributed by atoms with Gasteiger partial charge in [-0.1, -0.05) is 0 Å². The molecule has 1 heterocycles. The Morgan fingerprint density at radius 3 is 2.65 bits per heavy atom. The fourth-order valence-corrected chi connectivity index (χ4v) is 4.26. The van der Waals surface area contributed by atoms with E-state index >= 15 is 0 Å². The summed E-state index contributed by atoms with van der Waals surface area (Å²) in [5, 5.41) is 13.1. The first-order valence-corrected chi connectivity index (χ1v) is 8.89. The second-order valence-electron chi connectivity index (χ2n) is 5.79.